The van der Waals surface area contributed by atoms with Gasteiger partial charge in [0.1, 0.15) is 0 Å². The summed E-state index contributed by atoms with van der Waals surface area (Å²) in [6.45, 7) is 6.11. The molecule has 1 unspecified atom stereocenters. The lowest BCUT2D eigenvalue weighted by molar-refractivity contribution is 0.315. The Morgan fingerprint density at radius 1 is 1.42 bits per heavy atom. The van der Waals surface area contributed by atoms with Crippen LogP contribution in [0.4, 0.5) is 0 Å². The van der Waals surface area contributed by atoms with Crippen LogP contribution in [0.5, 0.6) is 0 Å². The summed E-state index contributed by atoms with van der Waals surface area (Å²) in [5.74, 6) is 0.567. The van der Waals surface area contributed by atoms with Crippen LogP contribution < -0.4 is 5.73 Å². The topological polar surface area (TPSA) is 80.5 Å². The molecule has 0 bridgehead atoms. The molecule has 3 N–H and O–H groups in total. The van der Waals surface area contributed by atoms with E-state index in [1.807, 2.05) is 20.8 Å². The Hall–Kier alpha value is -0.680. The van der Waals surface area contributed by atoms with E-state index in [0.29, 0.717) is 5.82 Å². The summed E-state index contributed by atoms with van der Waals surface area (Å²) in [4.78, 5) is 0. The molecule has 0 saturated heterocycles. The first-order valence-corrected chi connectivity index (χ1v) is 3.51. The molecule has 1 rings (SSSR count). The van der Waals surface area contributed by atoms with Crippen molar-refractivity contribution in [3.05, 3.63) is 5.82 Å². The molecule has 1 aromatic heterocycles. The van der Waals surface area contributed by atoms with E-state index < -0.39 is 0 Å². The maximum atomic E-state index is 5.83. The second-order valence-corrected chi connectivity index (χ2v) is 3.61. The van der Waals surface area contributed by atoms with Crippen LogP contribution in [0.2, 0.25) is 0 Å². The number of aromatic amines is 1. The first-order valence-electron chi connectivity index (χ1n) is 3.51. The predicted octanol–water partition coefficient (Wildman–Crippen LogP) is 0.667. The van der Waals surface area contributed by atoms with Crippen LogP contribution in [0.3, 0.4) is 0 Å². The molecular weight excluding hydrogens is 178 g/mol. The number of hydrogen-bond acceptors (Lipinski definition) is 4. The standard InChI is InChI=1S/C6H13N5.ClH/c1-6(2,3)4(7)5-8-10-11-9-5;/h4H,7H2,1-3H3,(H,8,9,10,11);1H. The van der Waals surface area contributed by atoms with Crippen molar-refractivity contribution in [1.29, 1.82) is 0 Å². The van der Waals surface area contributed by atoms with Crippen LogP contribution in [0.1, 0.15) is 32.6 Å². The van der Waals surface area contributed by atoms with Gasteiger partial charge in [-0.05, 0) is 5.41 Å². The summed E-state index contributed by atoms with van der Waals surface area (Å²) >= 11 is 0. The molecular formula is C6H14ClN5. The Bertz CT molecular complexity index is 214. The van der Waals surface area contributed by atoms with Gasteiger partial charge in [-0.15, -0.1) is 22.6 Å². The lowest BCUT2D eigenvalue weighted by Gasteiger charge is -2.23. The van der Waals surface area contributed by atoms with E-state index >= 15 is 0 Å². The highest BCUT2D eigenvalue weighted by molar-refractivity contribution is 5.85. The number of rotatable bonds is 1. The molecule has 1 atom stereocenters. The molecule has 0 fully saturated rings. The monoisotopic (exact) mass is 191 g/mol. The summed E-state index contributed by atoms with van der Waals surface area (Å²) in [5.41, 5.74) is 5.81. The molecule has 0 aromatic carbocycles. The van der Waals surface area contributed by atoms with Gasteiger partial charge in [0.2, 0.25) is 0 Å². The van der Waals surface area contributed by atoms with E-state index in [-0.39, 0.29) is 23.9 Å². The van der Waals surface area contributed by atoms with Gasteiger partial charge < -0.3 is 5.73 Å². The third-order valence-electron chi connectivity index (χ3n) is 1.57. The Labute approximate surface area is 77.5 Å². The molecule has 0 aliphatic rings. The summed E-state index contributed by atoms with van der Waals surface area (Å²) in [5, 5.41) is 13.4. The normalized spacial score (nSPS) is 13.7. The molecule has 6 heteroatoms. The number of aromatic nitrogens is 4. The summed E-state index contributed by atoms with van der Waals surface area (Å²) < 4.78 is 0. The Balaban J connectivity index is 0.00000121. The molecule has 12 heavy (non-hydrogen) atoms. The van der Waals surface area contributed by atoms with Gasteiger partial charge in [-0.2, -0.15) is 5.21 Å². The van der Waals surface area contributed by atoms with Crippen molar-refractivity contribution < 1.29 is 0 Å². The van der Waals surface area contributed by atoms with Crippen molar-refractivity contribution >= 4 is 12.4 Å². The number of nitrogens with one attached hydrogen (secondary N) is 1. The summed E-state index contributed by atoms with van der Waals surface area (Å²) in [6.07, 6.45) is 0. The van der Waals surface area contributed by atoms with Gasteiger partial charge in [-0.25, -0.2) is 0 Å². The largest absolute Gasteiger partial charge is 0.321 e. The van der Waals surface area contributed by atoms with E-state index in [1.54, 1.807) is 0 Å². The molecule has 0 saturated carbocycles. The summed E-state index contributed by atoms with van der Waals surface area (Å²) in [7, 11) is 0. The number of nitrogens with zero attached hydrogens (tertiary/aromatic N) is 3. The number of H-pyrrole nitrogens is 1. The van der Waals surface area contributed by atoms with Crippen LogP contribution in [0.25, 0.3) is 0 Å². The fraction of sp³-hybridized carbons (Fsp3) is 0.833. The first-order chi connectivity index (χ1) is 5.02. The molecule has 0 aliphatic carbocycles. The van der Waals surface area contributed by atoms with Crippen LogP contribution in [-0.4, -0.2) is 20.6 Å². The first kappa shape index (κ1) is 11.3. The highest BCUT2D eigenvalue weighted by Crippen LogP contribution is 2.27. The van der Waals surface area contributed by atoms with Gasteiger partial charge in [0.15, 0.2) is 5.82 Å². The fourth-order valence-corrected chi connectivity index (χ4v) is 0.689. The third-order valence-corrected chi connectivity index (χ3v) is 1.57. The van der Waals surface area contributed by atoms with Crippen molar-refractivity contribution in [2.45, 2.75) is 26.8 Å². The average Bonchev–Trinajstić information content (AvgIpc) is 2.34. The highest BCUT2D eigenvalue weighted by Gasteiger charge is 2.25. The fourth-order valence-electron chi connectivity index (χ4n) is 0.689. The van der Waals surface area contributed by atoms with Crippen molar-refractivity contribution in [2.75, 3.05) is 0 Å². The smallest absolute Gasteiger partial charge is 0.191 e. The minimum Gasteiger partial charge on any atom is -0.321 e. The van der Waals surface area contributed by atoms with E-state index in [4.69, 9.17) is 5.73 Å². The van der Waals surface area contributed by atoms with Crippen LogP contribution in [0.15, 0.2) is 0 Å². The van der Waals surface area contributed by atoms with Crippen molar-refractivity contribution in [3.63, 3.8) is 0 Å². The van der Waals surface area contributed by atoms with E-state index in [0.717, 1.165) is 0 Å². The zero-order chi connectivity index (χ0) is 8.48. The maximum Gasteiger partial charge on any atom is 0.191 e. The minimum absolute atomic E-state index is 0. The molecule has 5 nitrogen and oxygen atoms in total. The zero-order valence-corrected chi connectivity index (χ0v) is 8.22. The number of hydrogen-bond donors (Lipinski definition) is 2. The van der Waals surface area contributed by atoms with Crippen molar-refractivity contribution in [3.8, 4) is 0 Å². The molecule has 0 radical (unpaired) electrons. The quantitative estimate of drug-likeness (QED) is 0.684. The third kappa shape index (κ3) is 2.42. The van der Waals surface area contributed by atoms with Crippen LogP contribution in [-0.2, 0) is 0 Å². The zero-order valence-electron chi connectivity index (χ0n) is 7.40. The van der Waals surface area contributed by atoms with Gasteiger partial charge >= 0.3 is 0 Å². The van der Waals surface area contributed by atoms with E-state index in [1.165, 1.54) is 0 Å². The van der Waals surface area contributed by atoms with Gasteiger partial charge in [0.05, 0.1) is 6.04 Å². The van der Waals surface area contributed by atoms with Gasteiger partial charge in [0, 0.05) is 0 Å². The number of tetrazole rings is 1. The SMILES string of the molecule is CC(C)(C)C(N)c1nn[nH]n1.Cl. The lowest BCUT2D eigenvalue weighted by atomic mass is 9.87. The number of nitrogens with two attached hydrogens (primary N) is 1. The van der Waals surface area contributed by atoms with E-state index in [9.17, 15) is 0 Å². The lowest BCUT2D eigenvalue weighted by Crippen LogP contribution is -2.27. The molecule has 1 heterocycles. The predicted molar refractivity (Wildman–Crippen MR) is 47.8 cm³/mol. The Morgan fingerprint density at radius 3 is 2.33 bits per heavy atom. The van der Waals surface area contributed by atoms with Gasteiger partial charge in [0.25, 0.3) is 0 Å². The Morgan fingerprint density at radius 2 is 2.00 bits per heavy atom. The second-order valence-electron chi connectivity index (χ2n) is 3.61. The van der Waals surface area contributed by atoms with Crippen molar-refractivity contribution in [2.24, 2.45) is 11.1 Å². The Kier molecular flexibility index (Phi) is 3.60. The summed E-state index contributed by atoms with van der Waals surface area (Å²) in [6, 6.07) is -0.166. The average molecular weight is 192 g/mol. The molecule has 0 amide bonds. The van der Waals surface area contributed by atoms with Gasteiger partial charge in [-0.1, -0.05) is 26.0 Å². The molecule has 70 valence electrons. The van der Waals surface area contributed by atoms with Gasteiger partial charge in [-0.3, -0.25) is 0 Å². The van der Waals surface area contributed by atoms with Crippen LogP contribution >= 0.6 is 12.4 Å². The molecule has 0 aliphatic heterocycles. The maximum absolute atomic E-state index is 5.83. The molecule has 0 spiro atoms. The number of halogens is 1. The van der Waals surface area contributed by atoms with E-state index in [2.05, 4.69) is 20.6 Å². The second kappa shape index (κ2) is 3.82. The van der Waals surface area contributed by atoms with Crippen LogP contribution in [0, 0.1) is 5.41 Å². The minimum atomic E-state index is -0.166. The van der Waals surface area contributed by atoms with Crippen molar-refractivity contribution in [1.82, 2.24) is 20.6 Å². The highest BCUT2D eigenvalue weighted by atomic mass is 35.5. The molecule has 1 aromatic rings.